The third-order valence-corrected chi connectivity index (χ3v) is 5.51. The summed E-state index contributed by atoms with van der Waals surface area (Å²) in [5, 5.41) is 20.0. The molecule has 0 aliphatic carbocycles. The lowest BCUT2D eigenvalue weighted by molar-refractivity contribution is 0.0880. The molecule has 4 rings (SSSR count). The molecule has 0 atom stereocenters. The number of primary sulfonamides is 1. The number of fused-ring (bicyclic) bond motifs is 1. The first-order chi connectivity index (χ1) is 13.6. The van der Waals surface area contributed by atoms with Gasteiger partial charge in [0.15, 0.2) is 0 Å². The summed E-state index contributed by atoms with van der Waals surface area (Å²) in [5.74, 6) is -2.01. The van der Waals surface area contributed by atoms with Crippen molar-refractivity contribution in [3.05, 3.63) is 44.7 Å². The quantitative estimate of drug-likeness (QED) is 0.362. The molecule has 13 nitrogen and oxygen atoms in total. The van der Waals surface area contributed by atoms with Gasteiger partial charge in [0.1, 0.15) is 10.7 Å². The summed E-state index contributed by atoms with van der Waals surface area (Å²) in [6, 6.07) is 3.07. The first-order valence-corrected chi connectivity index (χ1v) is 9.53. The number of pyridine rings is 1. The Morgan fingerprint density at radius 3 is 2.41 bits per heavy atom. The van der Waals surface area contributed by atoms with E-state index in [4.69, 9.17) is 22.5 Å². The number of nitrogens with zero attached hydrogens (tertiary/aromatic N) is 4. The van der Waals surface area contributed by atoms with Crippen molar-refractivity contribution in [2.75, 3.05) is 5.73 Å². The zero-order chi connectivity index (χ0) is 21.1. The largest absolute Gasteiger partial charge is 0.384 e. The molecule has 1 aromatic carbocycles. The molecule has 2 aromatic heterocycles. The summed E-state index contributed by atoms with van der Waals surface area (Å²) in [6.07, 6.45) is 0. The summed E-state index contributed by atoms with van der Waals surface area (Å²) < 4.78 is 24.5. The van der Waals surface area contributed by atoms with Crippen molar-refractivity contribution in [1.82, 2.24) is 30.5 Å². The van der Waals surface area contributed by atoms with Crippen LogP contribution in [-0.4, -0.2) is 45.4 Å². The molecule has 29 heavy (non-hydrogen) atoms. The van der Waals surface area contributed by atoms with Crippen molar-refractivity contribution in [1.29, 1.82) is 0 Å². The third kappa shape index (κ3) is 2.86. The van der Waals surface area contributed by atoms with Crippen LogP contribution in [0.4, 0.5) is 5.82 Å². The number of sulfonamides is 1. The van der Waals surface area contributed by atoms with Gasteiger partial charge in [-0.25, -0.2) is 13.6 Å². The molecule has 0 bridgehead atoms. The van der Waals surface area contributed by atoms with E-state index in [0.717, 1.165) is 22.8 Å². The number of nitrogens with one attached hydrogen (secondary N) is 2. The Bertz CT molecular complexity index is 1380. The number of hydrogen-bond donors (Lipinski definition) is 4. The number of carbonyl (C=O) groups is 2. The van der Waals surface area contributed by atoms with Crippen molar-refractivity contribution in [3.8, 4) is 17.1 Å². The highest BCUT2D eigenvalue weighted by Crippen LogP contribution is 2.33. The highest BCUT2D eigenvalue weighted by atomic mass is 35.5. The number of anilines is 1. The van der Waals surface area contributed by atoms with E-state index < -0.39 is 32.3 Å². The number of amides is 2. The molecule has 3 aromatic rings. The van der Waals surface area contributed by atoms with Crippen LogP contribution in [0, 0.1) is 0 Å². The average molecular weight is 437 g/mol. The van der Waals surface area contributed by atoms with E-state index in [-0.39, 0.29) is 39.0 Å². The number of benzene rings is 1. The number of hydrogen-bond acceptors (Lipinski definition) is 9. The van der Waals surface area contributed by atoms with Crippen LogP contribution in [-0.2, 0) is 10.0 Å². The zero-order valence-corrected chi connectivity index (χ0v) is 15.6. The fourth-order valence-corrected chi connectivity index (χ4v) is 4.02. The number of imide groups is 1. The molecule has 0 unspecified atom stereocenters. The molecule has 0 radical (unpaired) electrons. The topological polar surface area (TPSA) is 209 Å². The first kappa shape index (κ1) is 18.7. The number of carbonyl (C=O) groups excluding carboxylic acids is 2. The van der Waals surface area contributed by atoms with Gasteiger partial charge < -0.3 is 5.73 Å². The molecule has 0 saturated carbocycles. The Balaban J connectivity index is 2.11. The lowest BCUT2D eigenvalue weighted by Gasteiger charge is -2.16. The van der Waals surface area contributed by atoms with Crippen LogP contribution in [0.5, 0.6) is 0 Å². The molecule has 1 aliphatic rings. The Morgan fingerprint density at radius 1 is 1.07 bits per heavy atom. The Hall–Kier alpha value is -3.62. The van der Waals surface area contributed by atoms with E-state index in [1.54, 1.807) is 0 Å². The van der Waals surface area contributed by atoms with Gasteiger partial charge in [0, 0.05) is 11.6 Å². The van der Waals surface area contributed by atoms with E-state index in [1.165, 1.54) is 0 Å². The van der Waals surface area contributed by atoms with E-state index in [1.807, 2.05) is 5.32 Å². The lowest BCUT2D eigenvalue weighted by Crippen LogP contribution is -2.25. The van der Waals surface area contributed by atoms with Crippen LogP contribution >= 0.6 is 11.6 Å². The number of rotatable bonds is 3. The SMILES string of the molecule is Nc1c2c(cc(=O)n1-c1cc(Cl)c(S(N)(=O)=O)cc1-c1nn[nH]n1)C(=O)NC2=O. The van der Waals surface area contributed by atoms with E-state index >= 15 is 0 Å². The molecule has 15 heteroatoms. The molecule has 0 spiro atoms. The van der Waals surface area contributed by atoms with E-state index in [0.29, 0.717) is 0 Å². The minimum Gasteiger partial charge on any atom is -0.384 e. The van der Waals surface area contributed by atoms with Gasteiger partial charge in [0.25, 0.3) is 17.4 Å². The molecular weight excluding hydrogens is 428 g/mol. The fourth-order valence-electron chi connectivity index (χ4n) is 2.93. The highest BCUT2D eigenvalue weighted by Gasteiger charge is 2.33. The van der Waals surface area contributed by atoms with Gasteiger partial charge in [0.05, 0.1) is 21.8 Å². The summed E-state index contributed by atoms with van der Waals surface area (Å²) in [7, 11) is -4.24. The summed E-state index contributed by atoms with van der Waals surface area (Å²) >= 11 is 6.06. The molecule has 2 amide bonds. The molecule has 0 saturated heterocycles. The highest BCUT2D eigenvalue weighted by molar-refractivity contribution is 7.89. The van der Waals surface area contributed by atoms with Gasteiger partial charge >= 0.3 is 0 Å². The van der Waals surface area contributed by atoms with Gasteiger partial charge in [0.2, 0.25) is 15.8 Å². The normalized spacial score (nSPS) is 13.4. The van der Waals surface area contributed by atoms with Crippen molar-refractivity contribution < 1.29 is 18.0 Å². The van der Waals surface area contributed by atoms with Gasteiger partial charge in [-0.05, 0) is 17.3 Å². The van der Waals surface area contributed by atoms with E-state index in [9.17, 15) is 22.8 Å². The summed E-state index contributed by atoms with van der Waals surface area (Å²) in [6.45, 7) is 0. The molecule has 6 N–H and O–H groups in total. The number of aromatic nitrogens is 5. The maximum Gasteiger partial charge on any atom is 0.262 e. The van der Waals surface area contributed by atoms with Gasteiger partial charge in [-0.1, -0.05) is 11.6 Å². The minimum absolute atomic E-state index is 0.0225. The van der Waals surface area contributed by atoms with Gasteiger partial charge in [-0.15, -0.1) is 10.2 Å². The van der Waals surface area contributed by atoms with Crippen LogP contribution in [0.1, 0.15) is 20.7 Å². The average Bonchev–Trinajstić information content (AvgIpc) is 3.23. The molecule has 148 valence electrons. The number of H-pyrrole nitrogens is 1. The van der Waals surface area contributed by atoms with E-state index in [2.05, 4.69) is 20.6 Å². The predicted molar refractivity (Wildman–Crippen MR) is 97.8 cm³/mol. The maximum absolute atomic E-state index is 12.7. The third-order valence-electron chi connectivity index (χ3n) is 4.14. The summed E-state index contributed by atoms with van der Waals surface area (Å²) in [5.41, 5.74) is 4.77. The molecule has 0 fully saturated rings. The minimum atomic E-state index is -4.24. The van der Waals surface area contributed by atoms with Gasteiger partial charge in [-0.3, -0.25) is 24.3 Å². The molecular formula is C14H9ClN8O5S. The first-order valence-electron chi connectivity index (χ1n) is 7.61. The number of tetrazole rings is 1. The maximum atomic E-state index is 12.7. The fraction of sp³-hybridized carbons (Fsp3) is 0. The second kappa shape index (κ2) is 6.20. The monoisotopic (exact) mass is 436 g/mol. The second-order valence-corrected chi connectivity index (χ2v) is 7.79. The molecule has 3 heterocycles. The van der Waals surface area contributed by atoms with Crippen LogP contribution in [0.3, 0.4) is 0 Å². The number of aromatic amines is 1. The van der Waals surface area contributed by atoms with Crippen LogP contribution < -0.4 is 21.7 Å². The Morgan fingerprint density at radius 2 is 1.79 bits per heavy atom. The van der Waals surface area contributed by atoms with Crippen LogP contribution in [0.25, 0.3) is 17.1 Å². The van der Waals surface area contributed by atoms with Crippen molar-refractivity contribution in [2.24, 2.45) is 5.14 Å². The van der Waals surface area contributed by atoms with Crippen LogP contribution in [0.15, 0.2) is 27.9 Å². The smallest absolute Gasteiger partial charge is 0.262 e. The Kier molecular flexibility index (Phi) is 4.00. The second-order valence-electron chi connectivity index (χ2n) is 5.86. The summed E-state index contributed by atoms with van der Waals surface area (Å²) in [4.78, 5) is 36.1. The predicted octanol–water partition coefficient (Wildman–Crippen LogP) is -1.22. The Labute approximate surface area is 165 Å². The number of halogens is 1. The van der Waals surface area contributed by atoms with Crippen molar-refractivity contribution in [3.63, 3.8) is 0 Å². The number of nitrogen functional groups attached to an aromatic ring is 1. The molecule has 1 aliphatic heterocycles. The van der Waals surface area contributed by atoms with Crippen molar-refractivity contribution in [2.45, 2.75) is 4.90 Å². The number of nitrogens with two attached hydrogens (primary N) is 2. The lowest BCUT2D eigenvalue weighted by atomic mass is 10.1. The zero-order valence-electron chi connectivity index (χ0n) is 14.0. The van der Waals surface area contributed by atoms with Crippen molar-refractivity contribution >= 4 is 39.3 Å². The van der Waals surface area contributed by atoms with Crippen LogP contribution in [0.2, 0.25) is 5.02 Å². The van der Waals surface area contributed by atoms with Gasteiger partial charge in [-0.2, -0.15) is 5.21 Å². The standard InChI is InChI=1S/C14H9ClN8O5S/c15-6-3-7(4(12-19-21-22-20-12)1-8(6)29(17,27)28)23-9(24)2-5-10(11(23)16)14(26)18-13(5)25/h1-3H,16H2,(H2,17,27,28)(H,18,25,26)(H,19,20,21,22).